The average molecular weight is 363 g/mol. The Balaban J connectivity index is 2.60. The Morgan fingerprint density at radius 1 is 1.39 bits per heavy atom. The largest absolute Gasteiger partial charge is 0.380 e. The lowest BCUT2D eigenvalue weighted by Crippen LogP contribution is -2.41. The van der Waals surface area contributed by atoms with Gasteiger partial charge in [-0.2, -0.15) is 0 Å². The molecule has 1 rings (SSSR count). The number of methoxy groups -OCH3 is 1. The van der Waals surface area contributed by atoms with E-state index in [1.54, 1.807) is 19.3 Å². The van der Waals surface area contributed by atoms with Gasteiger partial charge in [0.1, 0.15) is 0 Å². The summed E-state index contributed by atoms with van der Waals surface area (Å²) >= 11 is 2.40. The van der Waals surface area contributed by atoms with E-state index in [9.17, 15) is 4.79 Å². The maximum atomic E-state index is 12.4. The smallest absolute Gasteiger partial charge is 0.226 e. The fourth-order valence-electron chi connectivity index (χ4n) is 2.40. The molecule has 0 saturated heterocycles. The number of ether oxygens (including phenoxy) is 1. The zero-order chi connectivity index (χ0) is 13.5. The van der Waals surface area contributed by atoms with Crippen LogP contribution in [0.1, 0.15) is 19.3 Å². The summed E-state index contributed by atoms with van der Waals surface area (Å²) < 4.78 is 5.84. The average Bonchev–Trinajstić information content (AvgIpc) is 2.37. The van der Waals surface area contributed by atoms with Gasteiger partial charge < -0.3 is 9.64 Å². The Bertz CT molecular complexity index is 296. The molecule has 0 aromatic heterocycles. The van der Waals surface area contributed by atoms with Crippen molar-refractivity contribution >= 4 is 28.5 Å². The summed E-state index contributed by atoms with van der Waals surface area (Å²) in [5.74, 6) is 0.351. The monoisotopic (exact) mass is 363 g/mol. The minimum atomic E-state index is 0.123. The van der Waals surface area contributed by atoms with Gasteiger partial charge in [-0.05, 0) is 19.3 Å². The molecule has 4 heteroatoms. The number of amides is 1. The Kier molecular flexibility index (Phi) is 6.92. The molecule has 18 heavy (non-hydrogen) atoms. The van der Waals surface area contributed by atoms with Crippen LogP contribution in [0.15, 0.2) is 25.3 Å². The van der Waals surface area contributed by atoms with Crippen molar-refractivity contribution in [2.24, 2.45) is 5.92 Å². The van der Waals surface area contributed by atoms with Crippen LogP contribution < -0.4 is 0 Å². The Hall–Kier alpha value is -0.360. The van der Waals surface area contributed by atoms with Gasteiger partial charge in [-0.25, -0.2) is 0 Å². The van der Waals surface area contributed by atoms with Crippen LogP contribution in [-0.4, -0.2) is 41.0 Å². The van der Waals surface area contributed by atoms with E-state index in [0.29, 0.717) is 23.1 Å². The van der Waals surface area contributed by atoms with Crippen LogP contribution in [-0.2, 0) is 9.53 Å². The molecule has 0 aliphatic heterocycles. The van der Waals surface area contributed by atoms with Crippen LogP contribution in [0.4, 0.5) is 0 Å². The van der Waals surface area contributed by atoms with Crippen molar-refractivity contribution in [3.05, 3.63) is 25.3 Å². The van der Waals surface area contributed by atoms with E-state index in [2.05, 4.69) is 35.7 Å². The predicted octanol–water partition coefficient (Wildman–Crippen LogP) is 2.81. The van der Waals surface area contributed by atoms with Crippen LogP contribution in [0.3, 0.4) is 0 Å². The van der Waals surface area contributed by atoms with E-state index in [-0.39, 0.29) is 11.8 Å². The van der Waals surface area contributed by atoms with E-state index >= 15 is 0 Å². The highest BCUT2D eigenvalue weighted by Crippen LogP contribution is 2.32. The third-order valence-electron chi connectivity index (χ3n) is 3.38. The molecule has 0 aromatic rings. The number of carbonyl (C=O) groups excluding carboxylic acids is 1. The SMILES string of the molecule is C=CCN(CC=C)C(=O)C1CCC(OC)C(I)C1. The van der Waals surface area contributed by atoms with Crippen LogP contribution in [0.5, 0.6) is 0 Å². The van der Waals surface area contributed by atoms with E-state index in [1.807, 2.05) is 4.90 Å². The molecule has 0 aromatic carbocycles. The summed E-state index contributed by atoms with van der Waals surface area (Å²) in [6.07, 6.45) is 6.62. The number of hydrogen-bond donors (Lipinski definition) is 0. The van der Waals surface area contributed by atoms with Gasteiger partial charge in [0.05, 0.1) is 6.10 Å². The molecule has 1 aliphatic rings. The highest BCUT2D eigenvalue weighted by Gasteiger charge is 2.33. The first-order valence-electron chi connectivity index (χ1n) is 6.31. The first-order chi connectivity index (χ1) is 8.63. The third kappa shape index (κ3) is 4.09. The number of halogens is 1. The van der Waals surface area contributed by atoms with Crippen LogP contribution in [0.25, 0.3) is 0 Å². The first-order valence-corrected chi connectivity index (χ1v) is 7.56. The number of carbonyl (C=O) groups is 1. The number of nitrogens with zero attached hydrogens (tertiary/aromatic N) is 1. The Morgan fingerprint density at radius 2 is 2.00 bits per heavy atom. The normalized spacial score (nSPS) is 27.6. The lowest BCUT2D eigenvalue weighted by molar-refractivity contribution is -0.136. The maximum absolute atomic E-state index is 12.4. The van der Waals surface area contributed by atoms with Gasteiger partial charge in [-0.1, -0.05) is 34.7 Å². The fourth-order valence-corrected chi connectivity index (χ4v) is 3.67. The molecule has 0 bridgehead atoms. The standard InChI is InChI=1S/C14H22INO2/c1-4-8-16(9-5-2)14(17)11-6-7-13(18-3)12(15)10-11/h4-5,11-13H,1-2,6-10H2,3H3. The summed E-state index contributed by atoms with van der Waals surface area (Å²) in [5, 5.41) is 0. The third-order valence-corrected chi connectivity index (χ3v) is 4.69. The van der Waals surface area contributed by atoms with Gasteiger partial charge in [0.2, 0.25) is 5.91 Å². The van der Waals surface area contributed by atoms with Gasteiger partial charge in [-0.3, -0.25) is 4.79 Å². The van der Waals surface area contributed by atoms with Crippen molar-refractivity contribution in [1.29, 1.82) is 0 Å². The van der Waals surface area contributed by atoms with Crippen molar-refractivity contribution in [3.8, 4) is 0 Å². The summed E-state index contributed by atoms with van der Waals surface area (Å²) in [6, 6.07) is 0. The predicted molar refractivity (Wildman–Crippen MR) is 82.9 cm³/mol. The summed E-state index contributed by atoms with van der Waals surface area (Å²) in [4.78, 5) is 14.2. The fraction of sp³-hybridized carbons (Fsp3) is 0.643. The first kappa shape index (κ1) is 15.7. The van der Waals surface area contributed by atoms with E-state index in [1.165, 1.54) is 0 Å². The number of rotatable bonds is 6. The van der Waals surface area contributed by atoms with Crippen LogP contribution in [0, 0.1) is 5.92 Å². The highest BCUT2D eigenvalue weighted by molar-refractivity contribution is 14.1. The van der Waals surface area contributed by atoms with Gasteiger partial charge in [0.25, 0.3) is 0 Å². The number of alkyl halides is 1. The van der Waals surface area contributed by atoms with Crippen molar-refractivity contribution in [1.82, 2.24) is 4.90 Å². The molecule has 0 radical (unpaired) electrons. The lowest BCUT2D eigenvalue weighted by atomic mass is 9.86. The molecule has 3 unspecified atom stereocenters. The molecular weight excluding hydrogens is 341 g/mol. The zero-order valence-corrected chi connectivity index (χ0v) is 13.1. The zero-order valence-electron chi connectivity index (χ0n) is 11.0. The van der Waals surface area contributed by atoms with Crippen LogP contribution in [0.2, 0.25) is 0 Å². The van der Waals surface area contributed by atoms with E-state index in [4.69, 9.17) is 4.74 Å². The number of hydrogen-bond acceptors (Lipinski definition) is 2. The second-order valence-electron chi connectivity index (χ2n) is 4.62. The van der Waals surface area contributed by atoms with Crippen molar-refractivity contribution < 1.29 is 9.53 Å². The maximum Gasteiger partial charge on any atom is 0.226 e. The molecule has 0 spiro atoms. The van der Waals surface area contributed by atoms with Crippen molar-refractivity contribution in [2.45, 2.75) is 29.3 Å². The second-order valence-corrected chi connectivity index (χ2v) is 6.22. The molecule has 1 fully saturated rings. The van der Waals surface area contributed by atoms with Crippen molar-refractivity contribution in [3.63, 3.8) is 0 Å². The van der Waals surface area contributed by atoms with Gasteiger partial charge in [-0.15, -0.1) is 13.2 Å². The molecule has 1 saturated carbocycles. The van der Waals surface area contributed by atoms with E-state index < -0.39 is 0 Å². The Labute approximate surface area is 123 Å². The van der Waals surface area contributed by atoms with Crippen molar-refractivity contribution in [2.75, 3.05) is 20.2 Å². The summed E-state index contributed by atoms with van der Waals surface area (Å²) in [6.45, 7) is 8.60. The summed E-state index contributed by atoms with van der Waals surface area (Å²) in [5.41, 5.74) is 0. The molecule has 3 atom stereocenters. The summed E-state index contributed by atoms with van der Waals surface area (Å²) in [7, 11) is 1.75. The quantitative estimate of drug-likeness (QED) is 0.413. The molecule has 0 N–H and O–H groups in total. The highest BCUT2D eigenvalue weighted by atomic mass is 127. The van der Waals surface area contributed by atoms with Gasteiger partial charge in [0.15, 0.2) is 0 Å². The van der Waals surface area contributed by atoms with Gasteiger partial charge in [0, 0.05) is 30.0 Å². The van der Waals surface area contributed by atoms with E-state index in [0.717, 1.165) is 19.3 Å². The molecule has 0 heterocycles. The topological polar surface area (TPSA) is 29.5 Å². The molecule has 3 nitrogen and oxygen atoms in total. The molecular formula is C14H22INO2. The molecule has 1 amide bonds. The molecule has 102 valence electrons. The lowest BCUT2D eigenvalue weighted by Gasteiger charge is -2.34. The second kappa shape index (κ2) is 7.94. The Morgan fingerprint density at radius 3 is 2.44 bits per heavy atom. The molecule has 1 aliphatic carbocycles. The van der Waals surface area contributed by atoms with Crippen LogP contribution >= 0.6 is 22.6 Å². The minimum absolute atomic E-state index is 0.123. The minimum Gasteiger partial charge on any atom is -0.380 e. The van der Waals surface area contributed by atoms with Gasteiger partial charge >= 0.3 is 0 Å².